The topological polar surface area (TPSA) is 47.1 Å². The van der Waals surface area contributed by atoms with E-state index in [2.05, 4.69) is 35.3 Å². The van der Waals surface area contributed by atoms with Gasteiger partial charge in [0.15, 0.2) is 0 Å². The average molecular weight is 194 g/mol. The second kappa shape index (κ2) is 3.28. The summed E-state index contributed by atoms with van der Waals surface area (Å²) in [7, 11) is 2.06. The van der Waals surface area contributed by atoms with Gasteiger partial charge in [0.25, 0.3) is 0 Å². The third-order valence-electron chi connectivity index (χ3n) is 3.01. The van der Waals surface area contributed by atoms with Gasteiger partial charge in [-0.05, 0) is 20.3 Å². The Labute approximate surface area is 84.7 Å². The average Bonchev–Trinajstić information content (AvgIpc) is 2.32. The number of hydrogen-bond donors (Lipinski definition) is 1. The molecule has 14 heavy (non-hydrogen) atoms. The fourth-order valence-corrected chi connectivity index (χ4v) is 2.02. The molecule has 0 saturated carbocycles. The summed E-state index contributed by atoms with van der Waals surface area (Å²) in [4.78, 5) is 6.71. The maximum Gasteiger partial charge on any atom is 0.205 e. The molecule has 0 fully saturated rings. The van der Waals surface area contributed by atoms with Gasteiger partial charge in [0.1, 0.15) is 0 Å². The normalized spacial score (nSPS) is 22.0. The zero-order valence-corrected chi connectivity index (χ0v) is 9.12. The molecule has 1 aliphatic heterocycles. The monoisotopic (exact) mass is 194 g/mol. The van der Waals surface area contributed by atoms with Crippen LogP contribution < -0.4 is 10.6 Å². The van der Waals surface area contributed by atoms with E-state index in [4.69, 9.17) is 5.73 Å². The van der Waals surface area contributed by atoms with Crippen molar-refractivity contribution < 1.29 is 0 Å². The Balaban J connectivity index is 2.42. The number of rotatable bonds is 0. The van der Waals surface area contributed by atoms with Gasteiger partial charge in [-0.1, -0.05) is 0 Å². The van der Waals surface area contributed by atoms with Crippen LogP contribution >= 0.6 is 0 Å². The Bertz CT molecular complexity index is 342. The molecule has 1 aliphatic rings. The lowest BCUT2D eigenvalue weighted by molar-refractivity contribution is 0.573. The first-order chi connectivity index (χ1) is 6.59. The zero-order valence-electron chi connectivity index (χ0n) is 9.12. The smallest absolute Gasteiger partial charge is 0.205 e. The minimum Gasteiger partial charge on any atom is -0.344 e. The lowest BCUT2D eigenvalue weighted by Gasteiger charge is -2.17. The van der Waals surface area contributed by atoms with E-state index in [0.717, 1.165) is 31.2 Å². The minimum atomic E-state index is 0.265. The fraction of sp³-hybridized carbons (Fsp3) is 0.700. The molecular weight excluding hydrogens is 176 g/mol. The number of nitrogens with two attached hydrogens (primary N) is 1. The van der Waals surface area contributed by atoms with Gasteiger partial charge in [0.05, 0.1) is 5.69 Å². The van der Waals surface area contributed by atoms with Crippen LogP contribution in [0, 0.1) is 13.8 Å². The summed E-state index contributed by atoms with van der Waals surface area (Å²) in [6, 6.07) is 0.265. The van der Waals surface area contributed by atoms with E-state index in [0.29, 0.717) is 0 Å². The van der Waals surface area contributed by atoms with Gasteiger partial charge >= 0.3 is 0 Å². The Morgan fingerprint density at radius 2 is 2.14 bits per heavy atom. The number of fused-ring (bicyclic) bond motifs is 1. The molecule has 0 radical (unpaired) electrons. The summed E-state index contributed by atoms with van der Waals surface area (Å²) >= 11 is 0. The molecule has 2 rings (SSSR count). The Morgan fingerprint density at radius 1 is 1.43 bits per heavy atom. The summed E-state index contributed by atoms with van der Waals surface area (Å²) in [6.45, 7) is 6.07. The predicted octanol–water partition coefficient (Wildman–Crippen LogP) is 0.667. The highest BCUT2D eigenvalue weighted by Crippen LogP contribution is 2.21. The fourth-order valence-electron chi connectivity index (χ4n) is 2.02. The molecule has 4 nitrogen and oxygen atoms in total. The van der Waals surface area contributed by atoms with Crippen LogP contribution in [-0.4, -0.2) is 29.2 Å². The SMILES string of the molecule is Cc1nc2n(c1C)CCC(N)CN2C. The van der Waals surface area contributed by atoms with Gasteiger partial charge in [-0.3, -0.25) is 0 Å². The lowest BCUT2D eigenvalue weighted by atomic mass is 10.2. The first-order valence-corrected chi connectivity index (χ1v) is 5.10. The highest BCUT2D eigenvalue weighted by atomic mass is 15.3. The van der Waals surface area contributed by atoms with Crippen molar-refractivity contribution in [3.63, 3.8) is 0 Å². The molecular formula is C10H18N4. The second-order valence-electron chi connectivity index (χ2n) is 4.16. The van der Waals surface area contributed by atoms with Crippen molar-refractivity contribution in [3.8, 4) is 0 Å². The van der Waals surface area contributed by atoms with Gasteiger partial charge in [0, 0.05) is 31.9 Å². The molecule has 0 amide bonds. The van der Waals surface area contributed by atoms with E-state index in [1.54, 1.807) is 0 Å². The molecule has 2 N–H and O–H groups in total. The maximum atomic E-state index is 5.97. The molecule has 1 unspecified atom stereocenters. The molecule has 0 aromatic carbocycles. The second-order valence-corrected chi connectivity index (χ2v) is 4.16. The molecule has 4 heteroatoms. The molecule has 2 heterocycles. The van der Waals surface area contributed by atoms with Crippen molar-refractivity contribution in [2.24, 2.45) is 5.73 Å². The van der Waals surface area contributed by atoms with Crippen LogP contribution in [0.2, 0.25) is 0 Å². The summed E-state index contributed by atoms with van der Waals surface area (Å²) in [6.07, 6.45) is 1.04. The van der Waals surface area contributed by atoms with E-state index in [1.807, 2.05) is 0 Å². The van der Waals surface area contributed by atoms with Crippen molar-refractivity contribution in [1.82, 2.24) is 9.55 Å². The van der Waals surface area contributed by atoms with Crippen molar-refractivity contribution in [1.29, 1.82) is 0 Å². The van der Waals surface area contributed by atoms with E-state index >= 15 is 0 Å². The van der Waals surface area contributed by atoms with E-state index in [1.165, 1.54) is 5.69 Å². The van der Waals surface area contributed by atoms with Crippen molar-refractivity contribution in [2.75, 3.05) is 18.5 Å². The summed E-state index contributed by atoms with van der Waals surface area (Å²) < 4.78 is 2.27. The Hall–Kier alpha value is -1.03. The maximum absolute atomic E-state index is 5.97. The quantitative estimate of drug-likeness (QED) is 0.660. The third-order valence-corrected chi connectivity index (χ3v) is 3.01. The van der Waals surface area contributed by atoms with E-state index in [-0.39, 0.29) is 6.04 Å². The van der Waals surface area contributed by atoms with Gasteiger partial charge in [-0.2, -0.15) is 0 Å². The van der Waals surface area contributed by atoms with Crippen LogP contribution in [0.3, 0.4) is 0 Å². The van der Waals surface area contributed by atoms with Crippen molar-refractivity contribution >= 4 is 5.95 Å². The highest BCUT2D eigenvalue weighted by Gasteiger charge is 2.20. The van der Waals surface area contributed by atoms with Crippen LogP contribution in [0.1, 0.15) is 17.8 Å². The van der Waals surface area contributed by atoms with Crippen LogP contribution in [-0.2, 0) is 6.54 Å². The van der Waals surface area contributed by atoms with E-state index in [9.17, 15) is 0 Å². The van der Waals surface area contributed by atoms with Crippen molar-refractivity contribution in [2.45, 2.75) is 32.9 Å². The standard InChI is InChI=1S/C10H18N4/c1-7-8(2)14-5-4-9(11)6-13(3)10(14)12-7/h9H,4-6,11H2,1-3H3. The number of likely N-dealkylation sites (N-methyl/N-ethyl adjacent to an activating group) is 1. The van der Waals surface area contributed by atoms with Crippen LogP contribution in [0.15, 0.2) is 0 Å². The number of anilines is 1. The lowest BCUT2D eigenvalue weighted by Crippen LogP contribution is -2.34. The van der Waals surface area contributed by atoms with Crippen molar-refractivity contribution in [3.05, 3.63) is 11.4 Å². The Morgan fingerprint density at radius 3 is 2.86 bits per heavy atom. The molecule has 1 atom stereocenters. The number of aryl methyl sites for hydroxylation is 1. The largest absolute Gasteiger partial charge is 0.344 e. The first-order valence-electron chi connectivity index (χ1n) is 5.10. The molecule has 1 aromatic rings. The summed E-state index contributed by atoms with van der Waals surface area (Å²) in [5, 5.41) is 0. The minimum absolute atomic E-state index is 0.265. The first kappa shape index (κ1) is 9.52. The Kier molecular flexibility index (Phi) is 2.23. The van der Waals surface area contributed by atoms with Crippen LogP contribution in [0.25, 0.3) is 0 Å². The number of imidazole rings is 1. The highest BCUT2D eigenvalue weighted by molar-refractivity contribution is 5.37. The molecule has 0 bridgehead atoms. The van der Waals surface area contributed by atoms with Gasteiger partial charge in [0.2, 0.25) is 5.95 Å². The summed E-state index contributed by atoms with van der Waals surface area (Å²) in [5.41, 5.74) is 8.36. The molecule has 78 valence electrons. The molecule has 1 aromatic heterocycles. The number of nitrogens with zero attached hydrogens (tertiary/aromatic N) is 3. The van der Waals surface area contributed by atoms with Gasteiger partial charge in [-0.25, -0.2) is 4.98 Å². The van der Waals surface area contributed by atoms with Gasteiger partial charge in [-0.15, -0.1) is 0 Å². The molecule has 0 spiro atoms. The van der Waals surface area contributed by atoms with Crippen LogP contribution in [0.4, 0.5) is 5.95 Å². The molecule has 0 aliphatic carbocycles. The van der Waals surface area contributed by atoms with Gasteiger partial charge < -0.3 is 15.2 Å². The number of aromatic nitrogens is 2. The molecule has 0 saturated heterocycles. The predicted molar refractivity (Wildman–Crippen MR) is 57.6 cm³/mol. The van der Waals surface area contributed by atoms with E-state index < -0.39 is 0 Å². The zero-order chi connectivity index (χ0) is 10.3. The summed E-state index contributed by atoms with van der Waals surface area (Å²) in [5.74, 6) is 1.06. The third kappa shape index (κ3) is 1.39. The van der Waals surface area contributed by atoms with Crippen LogP contribution in [0.5, 0.6) is 0 Å². The number of hydrogen-bond acceptors (Lipinski definition) is 3.